The van der Waals surface area contributed by atoms with Crippen molar-refractivity contribution in [3.63, 3.8) is 0 Å². The zero-order chi connectivity index (χ0) is 11.4. The summed E-state index contributed by atoms with van der Waals surface area (Å²) < 4.78 is 0. The average molecular weight is 219 g/mol. The van der Waals surface area contributed by atoms with Gasteiger partial charge in [0.15, 0.2) is 0 Å². The Balaban J connectivity index is 1.94. The van der Waals surface area contributed by atoms with Gasteiger partial charge < -0.3 is 15.5 Å². The third-order valence-corrected chi connectivity index (χ3v) is 2.97. The van der Waals surface area contributed by atoms with Gasteiger partial charge in [0, 0.05) is 32.2 Å². The monoisotopic (exact) mass is 219 g/mol. The molecular formula is C13H21N3. The number of hydrogen-bond acceptors (Lipinski definition) is 3. The fourth-order valence-corrected chi connectivity index (χ4v) is 1.91. The molecule has 0 atom stereocenters. The van der Waals surface area contributed by atoms with Crippen LogP contribution < -0.4 is 10.6 Å². The van der Waals surface area contributed by atoms with Crippen LogP contribution in [0.25, 0.3) is 0 Å². The molecule has 0 radical (unpaired) electrons. The smallest absolute Gasteiger partial charge is 0.0320 e. The molecule has 0 saturated carbocycles. The van der Waals surface area contributed by atoms with E-state index < -0.39 is 0 Å². The van der Waals surface area contributed by atoms with Crippen molar-refractivity contribution in [2.75, 3.05) is 27.2 Å². The van der Waals surface area contributed by atoms with Crippen LogP contribution in [-0.2, 0) is 13.1 Å². The topological polar surface area (TPSA) is 27.3 Å². The maximum absolute atomic E-state index is 3.57. The van der Waals surface area contributed by atoms with E-state index in [0.717, 1.165) is 26.2 Å². The standard InChI is InChI=1S/C13H21N3/c1-16(2)10-12-6-4-3-5-11(12)7-15-13-8-14-9-13/h3-6,13-15H,7-10H2,1-2H3. The van der Waals surface area contributed by atoms with E-state index in [4.69, 9.17) is 0 Å². The summed E-state index contributed by atoms with van der Waals surface area (Å²) in [7, 11) is 4.22. The Morgan fingerprint density at radius 1 is 1.25 bits per heavy atom. The molecule has 1 aromatic rings. The molecule has 0 spiro atoms. The minimum Gasteiger partial charge on any atom is -0.314 e. The molecule has 2 rings (SSSR count). The summed E-state index contributed by atoms with van der Waals surface area (Å²) >= 11 is 0. The van der Waals surface area contributed by atoms with E-state index in [0.29, 0.717) is 6.04 Å². The quantitative estimate of drug-likeness (QED) is 0.767. The lowest BCUT2D eigenvalue weighted by Crippen LogP contribution is -2.55. The second kappa shape index (κ2) is 5.43. The zero-order valence-corrected chi connectivity index (χ0v) is 10.2. The van der Waals surface area contributed by atoms with Gasteiger partial charge in [0.2, 0.25) is 0 Å². The minimum absolute atomic E-state index is 0.660. The van der Waals surface area contributed by atoms with Gasteiger partial charge in [-0.2, -0.15) is 0 Å². The normalized spacial score (nSPS) is 16.4. The summed E-state index contributed by atoms with van der Waals surface area (Å²) in [4.78, 5) is 2.21. The Hall–Kier alpha value is -0.900. The Kier molecular flexibility index (Phi) is 3.93. The largest absolute Gasteiger partial charge is 0.314 e. The molecule has 16 heavy (non-hydrogen) atoms. The summed E-state index contributed by atoms with van der Waals surface area (Å²) in [5.74, 6) is 0. The summed E-state index contributed by atoms with van der Waals surface area (Å²) in [6, 6.07) is 9.34. The van der Waals surface area contributed by atoms with Crippen LogP contribution in [0, 0.1) is 0 Å². The van der Waals surface area contributed by atoms with Gasteiger partial charge in [0.25, 0.3) is 0 Å². The van der Waals surface area contributed by atoms with E-state index in [-0.39, 0.29) is 0 Å². The first kappa shape index (κ1) is 11.6. The molecule has 1 aliphatic rings. The summed E-state index contributed by atoms with van der Waals surface area (Å²) in [6.07, 6.45) is 0. The lowest BCUT2D eigenvalue weighted by molar-refractivity contribution is 0.362. The summed E-state index contributed by atoms with van der Waals surface area (Å²) in [6.45, 7) is 4.21. The second-order valence-corrected chi connectivity index (χ2v) is 4.74. The van der Waals surface area contributed by atoms with Crippen LogP contribution >= 0.6 is 0 Å². The lowest BCUT2D eigenvalue weighted by atomic mass is 10.1. The minimum atomic E-state index is 0.660. The number of rotatable bonds is 5. The van der Waals surface area contributed by atoms with Crippen molar-refractivity contribution in [1.29, 1.82) is 0 Å². The molecule has 0 bridgehead atoms. The van der Waals surface area contributed by atoms with E-state index in [1.165, 1.54) is 11.1 Å². The van der Waals surface area contributed by atoms with Crippen LogP contribution in [0.5, 0.6) is 0 Å². The van der Waals surface area contributed by atoms with E-state index in [9.17, 15) is 0 Å². The molecule has 1 saturated heterocycles. The molecule has 0 aliphatic carbocycles. The molecule has 0 unspecified atom stereocenters. The first-order valence-corrected chi connectivity index (χ1v) is 5.91. The van der Waals surface area contributed by atoms with Crippen molar-refractivity contribution < 1.29 is 0 Å². The first-order chi connectivity index (χ1) is 7.75. The molecule has 3 nitrogen and oxygen atoms in total. The number of hydrogen-bond donors (Lipinski definition) is 2. The highest BCUT2D eigenvalue weighted by atomic mass is 15.1. The number of nitrogens with zero attached hydrogens (tertiary/aromatic N) is 1. The maximum Gasteiger partial charge on any atom is 0.0320 e. The van der Waals surface area contributed by atoms with Crippen LogP contribution in [0.2, 0.25) is 0 Å². The third-order valence-electron chi connectivity index (χ3n) is 2.97. The maximum atomic E-state index is 3.57. The van der Waals surface area contributed by atoms with Crippen LogP contribution in [0.1, 0.15) is 11.1 Å². The molecular weight excluding hydrogens is 198 g/mol. The molecule has 1 aliphatic heterocycles. The van der Waals surface area contributed by atoms with Crippen molar-refractivity contribution in [2.45, 2.75) is 19.1 Å². The number of benzene rings is 1. The van der Waals surface area contributed by atoms with Crippen molar-refractivity contribution in [2.24, 2.45) is 0 Å². The van der Waals surface area contributed by atoms with Crippen molar-refractivity contribution in [3.8, 4) is 0 Å². The number of nitrogens with one attached hydrogen (secondary N) is 2. The Morgan fingerprint density at radius 3 is 2.50 bits per heavy atom. The SMILES string of the molecule is CN(C)Cc1ccccc1CNC1CNC1. The van der Waals surface area contributed by atoms with Crippen LogP contribution in [0.3, 0.4) is 0 Å². The van der Waals surface area contributed by atoms with E-state index in [2.05, 4.69) is 53.9 Å². The predicted molar refractivity (Wildman–Crippen MR) is 67.3 cm³/mol. The highest BCUT2D eigenvalue weighted by Crippen LogP contribution is 2.10. The van der Waals surface area contributed by atoms with Gasteiger partial charge in [0.1, 0.15) is 0 Å². The van der Waals surface area contributed by atoms with E-state index >= 15 is 0 Å². The van der Waals surface area contributed by atoms with Crippen LogP contribution in [0.15, 0.2) is 24.3 Å². The molecule has 3 heteroatoms. The third kappa shape index (κ3) is 3.04. The fraction of sp³-hybridized carbons (Fsp3) is 0.538. The van der Waals surface area contributed by atoms with Gasteiger partial charge in [-0.05, 0) is 25.2 Å². The molecule has 2 N–H and O–H groups in total. The molecule has 1 heterocycles. The Bertz CT molecular complexity index is 332. The summed E-state index contributed by atoms with van der Waals surface area (Å²) in [5, 5.41) is 6.84. The Morgan fingerprint density at radius 2 is 1.94 bits per heavy atom. The first-order valence-electron chi connectivity index (χ1n) is 5.91. The van der Waals surface area contributed by atoms with Gasteiger partial charge in [-0.3, -0.25) is 0 Å². The Labute approximate surface area is 97.8 Å². The van der Waals surface area contributed by atoms with Crippen LogP contribution in [-0.4, -0.2) is 38.1 Å². The average Bonchev–Trinajstić information content (AvgIpc) is 2.17. The fourth-order valence-electron chi connectivity index (χ4n) is 1.91. The molecule has 1 aromatic carbocycles. The van der Waals surface area contributed by atoms with Crippen molar-refractivity contribution >= 4 is 0 Å². The molecule has 88 valence electrons. The van der Waals surface area contributed by atoms with Gasteiger partial charge in [-0.15, -0.1) is 0 Å². The zero-order valence-electron chi connectivity index (χ0n) is 10.2. The highest BCUT2D eigenvalue weighted by molar-refractivity contribution is 5.27. The van der Waals surface area contributed by atoms with E-state index in [1.807, 2.05) is 0 Å². The molecule has 1 fully saturated rings. The highest BCUT2D eigenvalue weighted by Gasteiger charge is 2.15. The summed E-state index contributed by atoms with van der Waals surface area (Å²) in [5.41, 5.74) is 2.84. The van der Waals surface area contributed by atoms with Gasteiger partial charge in [0.05, 0.1) is 0 Å². The molecule has 0 amide bonds. The van der Waals surface area contributed by atoms with Gasteiger partial charge in [-0.1, -0.05) is 24.3 Å². The van der Waals surface area contributed by atoms with Crippen molar-refractivity contribution in [1.82, 2.24) is 15.5 Å². The van der Waals surface area contributed by atoms with Gasteiger partial charge in [-0.25, -0.2) is 0 Å². The molecule has 0 aromatic heterocycles. The predicted octanol–water partition coefficient (Wildman–Crippen LogP) is 0.810. The lowest BCUT2D eigenvalue weighted by Gasteiger charge is -2.28. The second-order valence-electron chi connectivity index (χ2n) is 4.74. The van der Waals surface area contributed by atoms with Gasteiger partial charge >= 0.3 is 0 Å². The van der Waals surface area contributed by atoms with Crippen LogP contribution in [0.4, 0.5) is 0 Å². The van der Waals surface area contributed by atoms with E-state index in [1.54, 1.807) is 0 Å². The van der Waals surface area contributed by atoms with Crippen molar-refractivity contribution in [3.05, 3.63) is 35.4 Å².